The van der Waals surface area contributed by atoms with E-state index in [4.69, 9.17) is 0 Å². The summed E-state index contributed by atoms with van der Waals surface area (Å²) >= 11 is 3.63. The summed E-state index contributed by atoms with van der Waals surface area (Å²) in [6.07, 6.45) is 1.09. The van der Waals surface area contributed by atoms with E-state index in [-0.39, 0.29) is 5.41 Å². The summed E-state index contributed by atoms with van der Waals surface area (Å²) in [4.78, 5) is 0. The van der Waals surface area contributed by atoms with Crippen molar-refractivity contribution in [2.45, 2.75) is 24.8 Å². The van der Waals surface area contributed by atoms with E-state index >= 15 is 0 Å². The second-order valence-electron chi connectivity index (χ2n) is 5.86. The normalized spacial score (nSPS) is 27.6. The molecule has 0 saturated carbocycles. The van der Waals surface area contributed by atoms with Crippen LogP contribution >= 0.6 is 15.9 Å². The summed E-state index contributed by atoms with van der Waals surface area (Å²) in [5.74, 6) is 0. The van der Waals surface area contributed by atoms with Gasteiger partial charge in [0.2, 0.25) is 0 Å². The maximum Gasteiger partial charge on any atom is 0.0364 e. The highest BCUT2D eigenvalue weighted by molar-refractivity contribution is 9.10. The van der Waals surface area contributed by atoms with Crippen molar-refractivity contribution in [1.29, 1.82) is 0 Å². The zero-order chi connectivity index (χ0) is 13.0. The smallest absolute Gasteiger partial charge is 0.0364 e. The average molecular weight is 314 g/mol. The Balaban J connectivity index is 2.06. The van der Waals surface area contributed by atoms with Crippen LogP contribution in [0.25, 0.3) is 0 Å². The largest absolute Gasteiger partial charge is 0.308 e. The number of hydrogen-bond donors (Lipinski definition) is 1. The van der Waals surface area contributed by atoms with Crippen LogP contribution in [0.1, 0.15) is 35.2 Å². The molecular weight excluding hydrogens is 298 g/mol. The molecule has 2 aliphatic heterocycles. The van der Waals surface area contributed by atoms with Crippen molar-refractivity contribution in [2.24, 2.45) is 0 Å². The second kappa shape index (κ2) is 3.94. The minimum Gasteiger partial charge on any atom is -0.308 e. The van der Waals surface area contributed by atoms with Crippen LogP contribution in [0.4, 0.5) is 0 Å². The van der Waals surface area contributed by atoms with E-state index in [0.29, 0.717) is 6.04 Å². The summed E-state index contributed by atoms with van der Waals surface area (Å²) in [5, 5.41) is 3.73. The van der Waals surface area contributed by atoms with Crippen LogP contribution in [-0.2, 0) is 11.8 Å². The molecule has 2 heteroatoms. The Hall–Kier alpha value is -1.12. The van der Waals surface area contributed by atoms with Crippen LogP contribution in [0.5, 0.6) is 0 Å². The minimum atomic E-state index is 0.0860. The zero-order valence-electron chi connectivity index (χ0n) is 10.9. The molecule has 0 fully saturated rings. The third kappa shape index (κ3) is 1.56. The van der Waals surface area contributed by atoms with Crippen molar-refractivity contribution in [3.05, 3.63) is 69.2 Å². The van der Waals surface area contributed by atoms with Gasteiger partial charge in [0.15, 0.2) is 0 Å². The molecule has 1 N–H and O–H groups in total. The van der Waals surface area contributed by atoms with Gasteiger partial charge in [-0.2, -0.15) is 0 Å². The summed E-state index contributed by atoms with van der Waals surface area (Å²) < 4.78 is 1.18. The predicted molar refractivity (Wildman–Crippen MR) is 81.5 cm³/mol. The molecule has 0 spiro atoms. The van der Waals surface area contributed by atoms with Crippen molar-refractivity contribution in [2.75, 3.05) is 6.54 Å². The lowest BCUT2D eigenvalue weighted by atomic mass is 9.72. The molecule has 2 bridgehead atoms. The first-order chi connectivity index (χ1) is 9.18. The van der Waals surface area contributed by atoms with Crippen molar-refractivity contribution >= 4 is 15.9 Å². The van der Waals surface area contributed by atoms with E-state index in [1.807, 2.05) is 0 Å². The molecule has 96 valence electrons. The van der Waals surface area contributed by atoms with E-state index in [1.54, 1.807) is 0 Å². The highest BCUT2D eigenvalue weighted by Gasteiger charge is 2.41. The Morgan fingerprint density at radius 3 is 2.89 bits per heavy atom. The third-order valence-corrected chi connectivity index (χ3v) is 5.22. The van der Waals surface area contributed by atoms with Crippen molar-refractivity contribution in [3.63, 3.8) is 0 Å². The number of halogens is 1. The first kappa shape index (κ1) is 11.7. The first-order valence-electron chi connectivity index (χ1n) is 6.80. The molecule has 0 unspecified atom stereocenters. The van der Waals surface area contributed by atoms with Gasteiger partial charge in [-0.25, -0.2) is 0 Å². The molecule has 0 saturated heterocycles. The fourth-order valence-electron chi connectivity index (χ4n) is 3.72. The summed E-state index contributed by atoms with van der Waals surface area (Å²) in [5.41, 5.74) is 6.01. The molecule has 3 aliphatic rings. The number of hydrogen-bond acceptors (Lipinski definition) is 1. The monoisotopic (exact) mass is 313 g/mol. The van der Waals surface area contributed by atoms with Gasteiger partial charge in [-0.15, -0.1) is 0 Å². The van der Waals surface area contributed by atoms with Gasteiger partial charge in [0.1, 0.15) is 0 Å². The Kier molecular flexibility index (Phi) is 2.42. The molecule has 0 radical (unpaired) electrons. The fourth-order valence-corrected chi connectivity index (χ4v) is 4.08. The van der Waals surface area contributed by atoms with Crippen LogP contribution in [0.2, 0.25) is 0 Å². The Morgan fingerprint density at radius 1 is 1.16 bits per heavy atom. The molecule has 2 aromatic carbocycles. The molecule has 5 rings (SSSR count). The van der Waals surface area contributed by atoms with Crippen molar-refractivity contribution in [1.82, 2.24) is 5.32 Å². The maximum atomic E-state index is 3.73. The van der Waals surface area contributed by atoms with E-state index in [9.17, 15) is 0 Å². The lowest BCUT2D eigenvalue weighted by molar-refractivity contribution is 0.425. The maximum absolute atomic E-state index is 3.73. The average Bonchev–Trinajstić information content (AvgIpc) is 2.63. The number of nitrogens with one attached hydrogen (secondary N) is 1. The molecule has 0 aromatic heterocycles. The van der Waals surface area contributed by atoms with E-state index < -0.39 is 0 Å². The predicted octanol–water partition coefficient (Wildman–Crippen LogP) is 3.96. The van der Waals surface area contributed by atoms with Crippen LogP contribution < -0.4 is 5.32 Å². The van der Waals surface area contributed by atoms with Crippen molar-refractivity contribution in [3.8, 4) is 0 Å². The molecule has 19 heavy (non-hydrogen) atoms. The van der Waals surface area contributed by atoms with Gasteiger partial charge in [0, 0.05) is 22.5 Å². The Morgan fingerprint density at radius 2 is 2.00 bits per heavy atom. The molecular formula is C17H16BrN. The summed E-state index contributed by atoms with van der Waals surface area (Å²) in [7, 11) is 0. The quantitative estimate of drug-likeness (QED) is 0.776. The van der Waals surface area contributed by atoms with Gasteiger partial charge in [0.05, 0.1) is 0 Å². The van der Waals surface area contributed by atoms with Gasteiger partial charge in [-0.3, -0.25) is 0 Å². The van der Waals surface area contributed by atoms with Crippen LogP contribution in [-0.4, -0.2) is 6.54 Å². The highest BCUT2D eigenvalue weighted by atomic mass is 79.9. The SMILES string of the molecule is C[C@]12CN[C@@H](Cc3ccc(Br)cc31)c1ccccc12. The minimum absolute atomic E-state index is 0.0860. The number of fused-ring (bicyclic) bond motifs is 1. The molecule has 0 amide bonds. The molecule has 2 aromatic rings. The lowest BCUT2D eigenvalue weighted by Gasteiger charge is -2.37. The van der Waals surface area contributed by atoms with Crippen LogP contribution in [0.15, 0.2) is 46.9 Å². The van der Waals surface area contributed by atoms with E-state index in [2.05, 4.69) is 70.6 Å². The summed E-state index contributed by atoms with van der Waals surface area (Å²) in [6.45, 7) is 3.39. The van der Waals surface area contributed by atoms with Gasteiger partial charge < -0.3 is 5.32 Å². The molecule has 1 nitrogen and oxygen atoms in total. The third-order valence-electron chi connectivity index (χ3n) is 4.72. The number of rotatable bonds is 0. The topological polar surface area (TPSA) is 12.0 Å². The van der Waals surface area contributed by atoms with Gasteiger partial charge in [-0.05, 0) is 40.8 Å². The van der Waals surface area contributed by atoms with Gasteiger partial charge >= 0.3 is 0 Å². The molecule has 2 heterocycles. The molecule has 1 aliphatic carbocycles. The van der Waals surface area contributed by atoms with E-state index in [1.165, 1.54) is 26.7 Å². The Bertz CT molecular complexity index is 664. The number of benzene rings is 2. The van der Waals surface area contributed by atoms with Crippen LogP contribution in [0, 0.1) is 0 Å². The standard InChI is InChI=1S/C17H16BrN/c1-17-10-19-16(13-4-2-3-5-14(13)17)8-11-6-7-12(18)9-15(11)17/h2-7,9,16,19H,8,10H2,1H3/t16-,17+/m0/s1. The van der Waals surface area contributed by atoms with Gasteiger partial charge in [0.25, 0.3) is 0 Å². The summed E-state index contributed by atoms with van der Waals surface area (Å²) in [6, 6.07) is 16.1. The molecule has 2 atom stereocenters. The second-order valence-corrected chi connectivity index (χ2v) is 6.77. The highest BCUT2D eigenvalue weighted by Crippen LogP contribution is 2.46. The Labute approximate surface area is 122 Å². The van der Waals surface area contributed by atoms with Gasteiger partial charge in [-0.1, -0.05) is 53.2 Å². The lowest BCUT2D eigenvalue weighted by Crippen LogP contribution is -2.42. The van der Waals surface area contributed by atoms with Crippen molar-refractivity contribution < 1.29 is 0 Å². The van der Waals surface area contributed by atoms with E-state index in [0.717, 1.165) is 13.0 Å². The zero-order valence-corrected chi connectivity index (χ0v) is 12.5. The fraction of sp³-hybridized carbons (Fsp3) is 0.294. The van der Waals surface area contributed by atoms with Crippen LogP contribution in [0.3, 0.4) is 0 Å². The first-order valence-corrected chi connectivity index (χ1v) is 7.59.